The zero-order chi connectivity index (χ0) is 12.7. The van der Waals surface area contributed by atoms with E-state index < -0.39 is 0 Å². The lowest BCUT2D eigenvalue weighted by atomic mass is 10.3. The zero-order valence-corrected chi connectivity index (χ0v) is 12.3. The number of rotatable bonds is 3. The molecule has 0 amide bonds. The summed E-state index contributed by atoms with van der Waals surface area (Å²) < 4.78 is 2.96. The maximum atomic E-state index is 6.02. The summed E-state index contributed by atoms with van der Waals surface area (Å²) in [5.74, 6) is 0.907. The first-order valence-electron chi connectivity index (χ1n) is 5.91. The summed E-state index contributed by atoms with van der Waals surface area (Å²) in [6.45, 7) is 2.00. The predicted molar refractivity (Wildman–Crippen MR) is 77.7 cm³/mol. The predicted octanol–water partition coefficient (Wildman–Crippen LogP) is 4.17. The van der Waals surface area contributed by atoms with Crippen LogP contribution in [0.25, 0.3) is 5.69 Å². The molecule has 0 radical (unpaired) electrons. The number of benzene rings is 1. The van der Waals surface area contributed by atoms with Gasteiger partial charge in [0.1, 0.15) is 0 Å². The third-order valence-electron chi connectivity index (χ3n) is 2.92. The quantitative estimate of drug-likeness (QED) is 0.917. The van der Waals surface area contributed by atoms with Crippen molar-refractivity contribution in [1.29, 1.82) is 0 Å². The van der Waals surface area contributed by atoms with Crippen LogP contribution in [0, 0.1) is 6.92 Å². The number of hydrogen-bond acceptors (Lipinski definition) is 2. The molecular weight excluding hydrogens is 314 g/mol. The van der Waals surface area contributed by atoms with Gasteiger partial charge in [-0.25, -0.2) is 4.98 Å². The van der Waals surface area contributed by atoms with Crippen LogP contribution in [0.5, 0.6) is 0 Å². The van der Waals surface area contributed by atoms with E-state index >= 15 is 0 Å². The molecule has 1 aliphatic rings. The molecule has 1 saturated carbocycles. The van der Waals surface area contributed by atoms with Gasteiger partial charge in [-0.3, -0.25) is 4.57 Å². The van der Waals surface area contributed by atoms with Crippen molar-refractivity contribution in [3.8, 4) is 5.69 Å². The average molecular weight is 327 g/mol. The highest BCUT2D eigenvalue weighted by Crippen LogP contribution is 2.29. The van der Waals surface area contributed by atoms with E-state index in [-0.39, 0.29) is 0 Å². The van der Waals surface area contributed by atoms with Crippen molar-refractivity contribution in [1.82, 2.24) is 9.55 Å². The van der Waals surface area contributed by atoms with Gasteiger partial charge in [-0.15, -0.1) is 0 Å². The van der Waals surface area contributed by atoms with E-state index in [0.29, 0.717) is 11.1 Å². The monoisotopic (exact) mass is 325 g/mol. The summed E-state index contributed by atoms with van der Waals surface area (Å²) in [7, 11) is 0. The van der Waals surface area contributed by atoms with E-state index in [4.69, 9.17) is 11.6 Å². The Balaban J connectivity index is 2.00. The van der Waals surface area contributed by atoms with E-state index in [1.165, 1.54) is 12.8 Å². The lowest BCUT2D eigenvalue weighted by Crippen LogP contribution is -2.07. The normalized spacial score (nSPS) is 14.8. The number of hydrogen-bond donors (Lipinski definition) is 1. The first kappa shape index (κ1) is 12.1. The molecule has 18 heavy (non-hydrogen) atoms. The van der Waals surface area contributed by atoms with Gasteiger partial charge in [-0.2, -0.15) is 0 Å². The van der Waals surface area contributed by atoms with E-state index in [1.54, 1.807) is 0 Å². The van der Waals surface area contributed by atoms with Crippen LogP contribution in [-0.2, 0) is 0 Å². The topological polar surface area (TPSA) is 29.9 Å². The van der Waals surface area contributed by atoms with Crippen LogP contribution in [-0.4, -0.2) is 15.6 Å². The minimum atomic E-state index is 0.585. The Morgan fingerprint density at radius 2 is 2.22 bits per heavy atom. The highest BCUT2D eigenvalue weighted by atomic mass is 79.9. The second-order valence-electron chi connectivity index (χ2n) is 4.59. The summed E-state index contributed by atoms with van der Waals surface area (Å²) in [6.07, 6.45) is 4.49. The van der Waals surface area contributed by atoms with E-state index in [9.17, 15) is 0 Å². The zero-order valence-electron chi connectivity index (χ0n) is 9.95. The Hall–Kier alpha value is -1.00. The average Bonchev–Trinajstić information content (AvgIpc) is 3.06. The smallest absolute Gasteiger partial charge is 0.207 e. The lowest BCUT2D eigenvalue weighted by molar-refractivity contribution is 1.00. The molecule has 0 unspecified atom stereocenters. The molecule has 3 nitrogen and oxygen atoms in total. The number of imidazole rings is 1. The van der Waals surface area contributed by atoms with Gasteiger partial charge >= 0.3 is 0 Å². The van der Waals surface area contributed by atoms with Crippen molar-refractivity contribution < 1.29 is 0 Å². The molecule has 5 heteroatoms. The standard InChI is InChI=1S/C13H13BrClN3/c1-8-7-18(13(16-8)17-9-2-3-9)10-4-5-12(15)11(14)6-10/h4-7,9H,2-3H2,1H3,(H,16,17). The number of aryl methyl sites for hydroxylation is 1. The van der Waals surface area contributed by atoms with Crippen LogP contribution in [0.4, 0.5) is 5.95 Å². The van der Waals surface area contributed by atoms with Gasteiger partial charge in [0.2, 0.25) is 5.95 Å². The van der Waals surface area contributed by atoms with Gasteiger partial charge in [0, 0.05) is 22.4 Å². The Morgan fingerprint density at radius 3 is 2.89 bits per heavy atom. The van der Waals surface area contributed by atoms with Crippen LogP contribution in [0.2, 0.25) is 5.02 Å². The molecule has 1 heterocycles. The lowest BCUT2D eigenvalue weighted by Gasteiger charge is -2.09. The van der Waals surface area contributed by atoms with Gasteiger partial charge in [-0.05, 0) is 53.9 Å². The SMILES string of the molecule is Cc1cn(-c2ccc(Cl)c(Br)c2)c(NC2CC2)n1. The first-order valence-corrected chi connectivity index (χ1v) is 7.08. The third kappa shape index (κ3) is 2.40. The summed E-state index contributed by atoms with van der Waals surface area (Å²) in [5, 5.41) is 4.16. The molecule has 1 fully saturated rings. The fourth-order valence-corrected chi connectivity index (χ4v) is 2.33. The van der Waals surface area contributed by atoms with Crippen molar-refractivity contribution in [3.05, 3.63) is 39.6 Å². The molecule has 1 aliphatic carbocycles. The molecule has 2 aromatic rings. The Bertz CT molecular complexity index is 590. The highest BCUT2D eigenvalue weighted by Gasteiger charge is 2.23. The van der Waals surface area contributed by atoms with Gasteiger partial charge < -0.3 is 5.32 Å². The van der Waals surface area contributed by atoms with Gasteiger partial charge in [0.05, 0.1) is 10.7 Å². The first-order chi connectivity index (χ1) is 8.63. The molecule has 1 N–H and O–H groups in total. The molecule has 94 valence electrons. The fraction of sp³-hybridized carbons (Fsp3) is 0.308. The van der Waals surface area contributed by atoms with Crippen LogP contribution in [0.1, 0.15) is 18.5 Å². The maximum Gasteiger partial charge on any atom is 0.207 e. The van der Waals surface area contributed by atoms with E-state index in [2.05, 4.69) is 30.8 Å². The van der Waals surface area contributed by atoms with Gasteiger partial charge in [0.15, 0.2) is 0 Å². The summed E-state index contributed by atoms with van der Waals surface area (Å²) >= 11 is 9.47. The maximum absolute atomic E-state index is 6.02. The number of halogens is 2. The number of anilines is 1. The number of nitrogens with one attached hydrogen (secondary N) is 1. The molecule has 0 spiro atoms. The van der Waals surface area contributed by atoms with Crippen LogP contribution >= 0.6 is 27.5 Å². The molecule has 1 aromatic carbocycles. The Labute approximate surface area is 119 Å². The summed E-state index contributed by atoms with van der Waals surface area (Å²) in [6, 6.07) is 6.46. The highest BCUT2D eigenvalue weighted by molar-refractivity contribution is 9.10. The molecule has 1 aromatic heterocycles. The van der Waals surface area contributed by atoms with Crippen molar-refractivity contribution >= 4 is 33.5 Å². The van der Waals surface area contributed by atoms with E-state index in [0.717, 1.165) is 21.8 Å². The summed E-state index contributed by atoms with van der Waals surface area (Å²) in [5.41, 5.74) is 2.05. The second-order valence-corrected chi connectivity index (χ2v) is 5.85. The minimum Gasteiger partial charge on any atom is -0.353 e. The number of nitrogens with zero attached hydrogens (tertiary/aromatic N) is 2. The van der Waals surface area contributed by atoms with Crippen molar-refractivity contribution in [2.45, 2.75) is 25.8 Å². The summed E-state index contributed by atoms with van der Waals surface area (Å²) in [4.78, 5) is 4.52. The largest absolute Gasteiger partial charge is 0.353 e. The molecule has 0 bridgehead atoms. The molecular formula is C13H13BrClN3. The van der Waals surface area contributed by atoms with Crippen LogP contribution < -0.4 is 5.32 Å². The van der Waals surface area contributed by atoms with Crippen molar-refractivity contribution in [3.63, 3.8) is 0 Å². The van der Waals surface area contributed by atoms with Crippen LogP contribution in [0.15, 0.2) is 28.9 Å². The molecule has 0 aliphatic heterocycles. The third-order valence-corrected chi connectivity index (χ3v) is 4.13. The van der Waals surface area contributed by atoms with E-state index in [1.807, 2.05) is 31.3 Å². The second kappa shape index (κ2) is 4.59. The Morgan fingerprint density at radius 1 is 1.44 bits per heavy atom. The molecule has 0 atom stereocenters. The minimum absolute atomic E-state index is 0.585. The van der Waals surface area contributed by atoms with Gasteiger partial charge in [0.25, 0.3) is 0 Å². The Kier molecular flexibility index (Phi) is 3.08. The molecule has 0 saturated heterocycles. The van der Waals surface area contributed by atoms with Crippen LogP contribution in [0.3, 0.4) is 0 Å². The van der Waals surface area contributed by atoms with Crippen molar-refractivity contribution in [2.75, 3.05) is 5.32 Å². The fourth-order valence-electron chi connectivity index (χ4n) is 1.84. The molecule has 3 rings (SSSR count). The van der Waals surface area contributed by atoms with Crippen molar-refractivity contribution in [2.24, 2.45) is 0 Å². The number of aromatic nitrogens is 2. The van der Waals surface area contributed by atoms with Gasteiger partial charge in [-0.1, -0.05) is 11.6 Å².